The Morgan fingerprint density at radius 2 is 0.391 bits per heavy atom. The predicted octanol–water partition coefficient (Wildman–Crippen LogP) is 23.1. The third-order valence-corrected chi connectivity index (χ3v) is 20.6. The third-order valence-electron chi connectivity index (χ3n) is 19.8. The highest BCUT2D eigenvalue weighted by Crippen LogP contribution is 2.37. The van der Waals surface area contributed by atoms with E-state index in [1.807, 2.05) is 85.8 Å². The van der Waals surface area contributed by atoms with Crippen molar-refractivity contribution in [1.82, 2.24) is 74.8 Å². The van der Waals surface area contributed by atoms with Crippen molar-refractivity contribution in [2.45, 2.75) is 111 Å². The smallest absolute Gasteiger partial charge is 0.227 e. The van der Waals surface area contributed by atoms with Gasteiger partial charge in [0, 0.05) is 56.6 Å². The third kappa shape index (κ3) is 21.0. The lowest BCUT2D eigenvalue weighted by molar-refractivity contribution is 0.450. The molecule has 580 valence electrons. The second-order valence-corrected chi connectivity index (χ2v) is 29.6. The number of aryl methyl sites for hydroxylation is 14. The Labute approximate surface area is 693 Å². The van der Waals surface area contributed by atoms with Crippen LogP contribution in [0.4, 0.5) is 0 Å². The molecule has 0 radical (unpaired) electrons. The number of benzene rings is 10. The van der Waals surface area contributed by atoms with E-state index < -0.39 is 0 Å². The number of nitrogens with zero attached hydrogens (tertiary/aromatic N) is 15. The van der Waals surface area contributed by atoms with Gasteiger partial charge in [0.15, 0.2) is 58.2 Å². The maximum absolute atomic E-state index is 10.4. The summed E-state index contributed by atoms with van der Waals surface area (Å²) in [4.78, 5) is 64.9. The van der Waals surface area contributed by atoms with Crippen molar-refractivity contribution in [1.29, 1.82) is 0 Å². The zero-order chi connectivity index (χ0) is 82.8. The van der Waals surface area contributed by atoms with Gasteiger partial charge in [0.1, 0.15) is 23.0 Å². The van der Waals surface area contributed by atoms with Gasteiger partial charge in [0.05, 0.1) is 11.1 Å². The van der Waals surface area contributed by atoms with Crippen LogP contribution in [0, 0.1) is 111 Å². The van der Waals surface area contributed by atoms with Gasteiger partial charge in [-0.3, -0.25) is 0 Å². The number of phenols is 4. The lowest BCUT2D eigenvalue weighted by atomic mass is 10.0. The van der Waals surface area contributed by atoms with Gasteiger partial charge in [-0.15, -0.1) is 0 Å². The van der Waals surface area contributed by atoms with Crippen molar-refractivity contribution in [3.8, 4) is 137 Å². The van der Waals surface area contributed by atoms with E-state index >= 15 is 0 Å². The first-order valence-corrected chi connectivity index (χ1v) is 38.3. The Morgan fingerprint density at radius 1 is 0.183 bits per heavy atom. The largest absolute Gasteiger partial charge is 0.508 e. The number of halogens is 5. The maximum Gasteiger partial charge on any atom is 0.227 e. The highest BCUT2D eigenvalue weighted by Gasteiger charge is 2.21. The van der Waals surface area contributed by atoms with Crippen LogP contribution in [0.1, 0.15) is 89.0 Å². The van der Waals surface area contributed by atoms with Crippen LogP contribution in [-0.2, 0) is 0 Å². The topological polar surface area (TPSA) is 274 Å². The van der Waals surface area contributed by atoms with Gasteiger partial charge in [-0.05, 0) is 318 Å². The molecule has 0 aliphatic rings. The van der Waals surface area contributed by atoms with E-state index in [2.05, 4.69) is 235 Å². The van der Waals surface area contributed by atoms with Crippen LogP contribution >= 0.6 is 58.0 Å². The minimum atomic E-state index is -0.0849. The first-order chi connectivity index (χ1) is 54.7. The molecule has 19 nitrogen and oxygen atoms in total. The highest BCUT2D eigenvalue weighted by atomic mass is 35.5. The first-order valence-electron chi connectivity index (χ1n) is 36.4. The number of aromatic hydroxyl groups is 4. The average Bonchev–Trinajstić information content (AvgIpc) is 0.789. The van der Waals surface area contributed by atoms with Crippen molar-refractivity contribution in [3.63, 3.8) is 0 Å². The molecule has 115 heavy (non-hydrogen) atoms. The molecule has 10 aromatic carbocycles. The van der Waals surface area contributed by atoms with Crippen molar-refractivity contribution in [3.05, 3.63) is 297 Å². The number of hydrogen-bond donors (Lipinski definition) is 4. The maximum atomic E-state index is 10.4. The van der Waals surface area contributed by atoms with Crippen LogP contribution in [0.5, 0.6) is 23.0 Å². The van der Waals surface area contributed by atoms with E-state index in [4.69, 9.17) is 68.0 Å². The second-order valence-electron chi connectivity index (χ2n) is 28.0. The molecule has 15 aromatic rings. The number of hydrogen-bond acceptors (Lipinski definition) is 19. The van der Waals surface area contributed by atoms with E-state index in [0.29, 0.717) is 69.4 Å². The monoisotopic (exact) mass is 1620 g/mol. The standard InChI is InChI=1S/2C25H23N3O2.2C19H18ClN3.C3Cl3N3/c1-14-5-7-18(11-16(14)3)23-26-24(19-8-6-15(2)17(4)12-19)28-25(27-23)21-10-9-20(29)13-22(21)30;1-14-8-9-18(12-16(14)3)23-26-24(20-7-5-6-15(2)17(20)4)28-25(27-23)21-11-10-19(29)13-22(21)30;1-11-5-7-15(9-13(11)3)17-21-18(23-19(20)22-17)16-8-6-12(2)14(4)10-16;1-11-8-9-15(10-13(11)3)17-21-18(23-19(20)22-17)16-7-5-6-12(2)14(16)4;4-1-7-2(5)9-3(6)8-1/h2*5-13,29-30H,1-4H3;2*5-10H,1-4H3;. The summed E-state index contributed by atoms with van der Waals surface area (Å²) in [6, 6.07) is 57.6. The Balaban J connectivity index is 0.000000146. The Kier molecular flexibility index (Phi) is 26.8. The molecule has 0 atom stereocenters. The molecular weight excluding hydrogens is 1540 g/mol. The minimum Gasteiger partial charge on any atom is -0.508 e. The van der Waals surface area contributed by atoms with E-state index in [0.717, 1.165) is 77.9 Å². The molecule has 0 aliphatic heterocycles. The molecule has 0 spiro atoms. The van der Waals surface area contributed by atoms with Crippen LogP contribution in [-0.4, -0.2) is 95.2 Å². The molecular formula is C91H82Cl5N15O4. The number of rotatable bonds is 10. The summed E-state index contributed by atoms with van der Waals surface area (Å²) >= 11 is 28.2. The van der Waals surface area contributed by atoms with Gasteiger partial charge >= 0.3 is 0 Å². The first kappa shape index (κ1) is 83.8. The SMILES string of the molecule is Cc1ccc(-c2nc(-c3ccc(C)c(C)c3)nc(-c3ccc(O)cc3O)n2)cc1C.Cc1ccc(-c2nc(-c3ccc(O)cc3O)nc(-c3cccc(C)c3C)n2)cc1C.Cc1ccc(-c2nc(Cl)nc(-c3ccc(C)c(C)c3)n2)cc1C.Cc1ccc(-c2nc(Cl)nc(-c3cccc(C)c3C)n2)cc1C.Clc1nc(Cl)nc(Cl)n1. The molecule has 0 aliphatic carbocycles. The molecule has 5 aromatic heterocycles. The zero-order valence-electron chi connectivity index (χ0n) is 66.2. The molecule has 0 saturated carbocycles. The normalized spacial score (nSPS) is 10.8. The zero-order valence-corrected chi connectivity index (χ0v) is 70.0. The molecule has 0 amide bonds. The van der Waals surface area contributed by atoms with Crippen LogP contribution in [0.2, 0.25) is 26.4 Å². The summed E-state index contributed by atoms with van der Waals surface area (Å²) in [5, 5.41) is 40.5. The Hall–Kier alpha value is -12.1. The van der Waals surface area contributed by atoms with E-state index in [1.165, 1.54) is 79.9 Å². The summed E-state index contributed by atoms with van der Waals surface area (Å²) < 4.78 is 0. The fourth-order valence-corrected chi connectivity index (χ4v) is 12.6. The van der Waals surface area contributed by atoms with Gasteiger partial charge in [-0.2, -0.15) is 34.9 Å². The Bertz CT molecular complexity index is 6000. The Morgan fingerprint density at radius 3 is 0.643 bits per heavy atom. The van der Waals surface area contributed by atoms with Crippen LogP contribution in [0.3, 0.4) is 0 Å². The molecule has 15 rings (SSSR count). The quantitative estimate of drug-likeness (QED) is 0.0990. The molecule has 0 unspecified atom stereocenters. The molecule has 0 saturated heterocycles. The van der Waals surface area contributed by atoms with Crippen molar-refractivity contribution >= 4 is 58.0 Å². The average molecular weight is 1630 g/mol. The van der Waals surface area contributed by atoms with E-state index in [1.54, 1.807) is 12.1 Å². The molecule has 0 fully saturated rings. The summed E-state index contributed by atoms with van der Waals surface area (Å²) in [5.74, 6) is 5.05. The summed E-state index contributed by atoms with van der Waals surface area (Å²) in [6.45, 7) is 33.1. The highest BCUT2D eigenvalue weighted by molar-refractivity contribution is 6.33. The fourth-order valence-electron chi connectivity index (χ4n) is 11.7. The molecule has 24 heteroatoms. The lowest BCUT2D eigenvalue weighted by Gasteiger charge is -2.12. The van der Waals surface area contributed by atoms with Crippen LogP contribution < -0.4 is 0 Å². The number of aromatic nitrogens is 15. The van der Waals surface area contributed by atoms with Gasteiger partial charge in [-0.1, -0.05) is 109 Å². The van der Waals surface area contributed by atoms with E-state index in [-0.39, 0.29) is 49.4 Å². The minimum absolute atomic E-state index is 0.000000000000000444. The molecule has 4 N–H and O–H groups in total. The van der Waals surface area contributed by atoms with Crippen molar-refractivity contribution < 1.29 is 20.4 Å². The molecule has 0 bridgehead atoms. The van der Waals surface area contributed by atoms with Crippen molar-refractivity contribution in [2.24, 2.45) is 0 Å². The van der Waals surface area contributed by atoms with Crippen LogP contribution in [0.15, 0.2) is 182 Å². The summed E-state index contributed by atoms with van der Waals surface area (Å²) in [6.07, 6.45) is 0. The lowest BCUT2D eigenvalue weighted by Crippen LogP contribution is -2.02. The van der Waals surface area contributed by atoms with E-state index in [9.17, 15) is 20.4 Å². The van der Waals surface area contributed by atoms with Gasteiger partial charge in [-0.25, -0.2) is 39.9 Å². The van der Waals surface area contributed by atoms with Crippen molar-refractivity contribution in [2.75, 3.05) is 0 Å². The van der Waals surface area contributed by atoms with Gasteiger partial charge in [0.2, 0.25) is 26.4 Å². The summed E-state index contributed by atoms with van der Waals surface area (Å²) in [5.41, 5.74) is 27.2. The molecule has 5 heterocycles. The predicted molar refractivity (Wildman–Crippen MR) is 461 cm³/mol. The summed E-state index contributed by atoms with van der Waals surface area (Å²) in [7, 11) is 0. The van der Waals surface area contributed by atoms with Gasteiger partial charge < -0.3 is 20.4 Å². The van der Waals surface area contributed by atoms with Crippen LogP contribution in [0.25, 0.3) is 114 Å². The van der Waals surface area contributed by atoms with Gasteiger partial charge in [0.25, 0.3) is 0 Å². The second kappa shape index (κ2) is 36.8. The fraction of sp³-hybridized carbons (Fsp3) is 0.176. The number of phenolic OH excluding ortho intramolecular Hbond substituents is 4.